The zero-order valence-corrected chi connectivity index (χ0v) is 89.1. The van der Waals surface area contributed by atoms with Crippen LogP contribution in [0.25, 0.3) is 54.5 Å². The second kappa shape index (κ2) is 65.8. The van der Waals surface area contributed by atoms with Crippen LogP contribution in [0, 0.1) is 0 Å². The Labute approximate surface area is 876 Å². The van der Waals surface area contributed by atoms with Gasteiger partial charge < -0.3 is 60.6 Å². The molecule has 10 heterocycles. The van der Waals surface area contributed by atoms with E-state index in [9.17, 15) is 0 Å². The van der Waals surface area contributed by atoms with E-state index in [-0.39, 0.29) is 0 Å². The number of pyridine rings is 5. The number of fused-ring (bicyclic) bond motifs is 5. The lowest BCUT2D eigenvalue weighted by Gasteiger charge is -2.26. The fourth-order valence-corrected chi connectivity index (χ4v) is 21.2. The van der Waals surface area contributed by atoms with E-state index in [4.69, 9.17) is 67.5 Å². The zero-order valence-electron chi connectivity index (χ0n) is 85.3. The standard InChI is InChI=1S/C26H40ClN3.C25H30ClN3O.C24H36ClN3.C23H26ClN3O.C22H32ClN3/c27-23-14-15-24-25(16-18-29-26(24)22-23)28-17-10-7-5-3-1-2-4-6-8-11-19-30-20-12-9-13-21-30;26-21-7-10-23-24(12-14-28-25(23)19-21)27-13-11-20-5-8-22(9-6-20)30-18-4-17-29-15-2-1-3-16-29;25-21-12-13-22-23(14-16-27-24(22)20-21)26-15-8-5-3-1-2-4-6-9-17-28-18-10-7-11-19-28;24-18-5-10-21-22(11-12-25-23(21)17-18)26-19-6-8-20(9-7-19)28-16-4-15-27-13-2-1-3-14-27;23-19-10-11-20-21(12-14-25-22(20)18-19)24-13-6-3-1-2-4-7-15-26-16-8-5-9-17-26/h14-16,18,22H,1-13,17,19-21H2,(H,28,29);5-10,12,14,19H,1-4,11,13,15-18H2,(H,27,28);12-14,16,20H,1-11,15,17-19H2,(H,26,27);5-12,17H,1-4,13-16H2,(H,25,26);10-12,14,18H,1-9,13,15-17H2,(H,24,25). The molecule has 5 aliphatic heterocycles. The number of piperidine rings is 5. The number of benzene rings is 7. The van der Waals surface area contributed by atoms with Crippen LogP contribution < -0.4 is 36.1 Å². The largest absolute Gasteiger partial charge is 0.494 e. The first-order valence-corrected chi connectivity index (χ1v) is 56.9. The Morgan fingerprint density at radius 1 is 0.225 bits per heavy atom. The monoisotopic (exact) mass is 2020 g/mol. The summed E-state index contributed by atoms with van der Waals surface area (Å²) in [5.74, 6) is 1.87. The van der Waals surface area contributed by atoms with Gasteiger partial charge in [0.2, 0.25) is 0 Å². The zero-order chi connectivity index (χ0) is 98.1. The normalized spacial score (nSPS) is 15.0. The van der Waals surface area contributed by atoms with Crippen molar-refractivity contribution in [1.82, 2.24) is 49.4 Å². The number of hydrogen-bond donors (Lipinski definition) is 5. The molecule has 17 nitrogen and oxygen atoms in total. The summed E-state index contributed by atoms with van der Waals surface area (Å²) in [4.78, 5) is 35.1. The Balaban J connectivity index is 0.000000149. The van der Waals surface area contributed by atoms with Crippen LogP contribution in [0.2, 0.25) is 25.1 Å². The maximum absolute atomic E-state index is 6.07. The number of nitrogens with one attached hydrogen (secondary N) is 5. The molecule has 22 heteroatoms. The molecule has 5 aliphatic rings. The first-order chi connectivity index (χ1) is 70.0. The van der Waals surface area contributed by atoms with E-state index in [1.807, 2.05) is 134 Å². The third kappa shape index (κ3) is 41.4. The summed E-state index contributed by atoms with van der Waals surface area (Å²) in [6, 6.07) is 56.1. The second-order valence-corrected chi connectivity index (χ2v) is 41.9. The van der Waals surface area contributed by atoms with Crippen LogP contribution in [0.3, 0.4) is 0 Å². The summed E-state index contributed by atoms with van der Waals surface area (Å²) >= 11 is 30.3. The average molecular weight is 2030 g/mol. The average Bonchev–Trinajstić information content (AvgIpc) is 0.810. The van der Waals surface area contributed by atoms with Crippen molar-refractivity contribution in [2.45, 2.75) is 270 Å². The molecular formula is C120H164Cl5N15O2. The molecule has 0 aliphatic carbocycles. The Hall–Kier alpha value is -8.56. The van der Waals surface area contributed by atoms with Crippen molar-refractivity contribution in [3.05, 3.63) is 232 Å². The number of aromatic nitrogens is 5. The molecule has 0 saturated carbocycles. The number of anilines is 6. The lowest BCUT2D eigenvalue weighted by atomic mass is 10.1. The van der Waals surface area contributed by atoms with Gasteiger partial charge in [0.1, 0.15) is 11.5 Å². The fourth-order valence-electron chi connectivity index (χ4n) is 20.3. The molecule has 5 fully saturated rings. The van der Waals surface area contributed by atoms with Crippen LogP contribution in [-0.2, 0) is 6.42 Å². The molecule has 5 aromatic heterocycles. The molecule has 0 unspecified atom stereocenters. The van der Waals surface area contributed by atoms with Gasteiger partial charge in [-0.1, -0.05) is 218 Å². The van der Waals surface area contributed by atoms with Gasteiger partial charge in [0.15, 0.2) is 0 Å². The smallest absolute Gasteiger partial charge is 0.119 e. The first-order valence-electron chi connectivity index (χ1n) is 55.0. The van der Waals surface area contributed by atoms with Crippen molar-refractivity contribution in [2.24, 2.45) is 0 Å². The lowest BCUT2D eigenvalue weighted by Crippen LogP contribution is -2.31. The van der Waals surface area contributed by atoms with E-state index < -0.39 is 0 Å². The van der Waals surface area contributed by atoms with Crippen molar-refractivity contribution < 1.29 is 9.47 Å². The number of rotatable bonds is 52. The Kier molecular flexibility index (Phi) is 51.3. The minimum Gasteiger partial charge on any atom is -0.494 e. The third-order valence-electron chi connectivity index (χ3n) is 28.5. The number of ether oxygens (including phenoxy) is 2. The topological polar surface area (TPSA) is 159 Å². The number of nitrogens with zero attached hydrogens (tertiary/aromatic N) is 10. The summed E-state index contributed by atoms with van der Waals surface area (Å²) < 4.78 is 11.8. The van der Waals surface area contributed by atoms with Crippen LogP contribution in [0.15, 0.2) is 201 Å². The molecule has 0 bridgehead atoms. The molecule has 7 aromatic carbocycles. The van der Waals surface area contributed by atoms with Crippen molar-refractivity contribution in [3.8, 4) is 11.5 Å². The third-order valence-corrected chi connectivity index (χ3v) is 29.7. The molecule has 12 aromatic rings. The minimum absolute atomic E-state index is 0.693. The van der Waals surface area contributed by atoms with E-state index in [1.54, 1.807) is 6.20 Å². The van der Waals surface area contributed by atoms with Crippen LogP contribution in [0.5, 0.6) is 11.5 Å². The van der Waals surface area contributed by atoms with Gasteiger partial charge in [0.05, 0.1) is 40.8 Å². The Bertz CT molecular complexity index is 5500. The van der Waals surface area contributed by atoms with Crippen LogP contribution >= 0.6 is 58.0 Å². The highest BCUT2D eigenvalue weighted by Crippen LogP contribution is 2.33. The predicted octanol–water partition coefficient (Wildman–Crippen LogP) is 32.4. The minimum atomic E-state index is 0.693. The molecule has 142 heavy (non-hydrogen) atoms. The molecular weight excluding hydrogens is 1860 g/mol. The lowest BCUT2D eigenvalue weighted by molar-refractivity contribution is 0.205. The van der Waals surface area contributed by atoms with E-state index >= 15 is 0 Å². The van der Waals surface area contributed by atoms with Gasteiger partial charge >= 0.3 is 0 Å². The molecule has 766 valence electrons. The van der Waals surface area contributed by atoms with Gasteiger partial charge in [-0.15, -0.1) is 0 Å². The van der Waals surface area contributed by atoms with E-state index in [1.165, 1.54) is 341 Å². The van der Waals surface area contributed by atoms with E-state index in [0.717, 1.165) is 187 Å². The maximum atomic E-state index is 6.07. The number of unbranched alkanes of at least 4 members (excludes halogenated alkanes) is 21. The highest BCUT2D eigenvalue weighted by Gasteiger charge is 2.17. The summed E-state index contributed by atoms with van der Waals surface area (Å²) in [7, 11) is 0. The Morgan fingerprint density at radius 3 is 0.739 bits per heavy atom. The second-order valence-electron chi connectivity index (χ2n) is 39.8. The van der Waals surface area contributed by atoms with Gasteiger partial charge in [-0.2, -0.15) is 0 Å². The number of likely N-dealkylation sites (tertiary alicyclic amines) is 5. The highest BCUT2D eigenvalue weighted by molar-refractivity contribution is 6.33. The molecule has 0 spiro atoms. The molecule has 0 atom stereocenters. The van der Waals surface area contributed by atoms with Gasteiger partial charge in [0.25, 0.3) is 0 Å². The van der Waals surface area contributed by atoms with Gasteiger partial charge in [0, 0.05) is 156 Å². The van der Waals surface area contributed by atoms with Gasteiger partial charge in [-0.25, -0.2) is 0 Å². The molecule has 5 N–H and O–H groups in total. The number of hydrogen-bond acceptors (Lipinski definition) is 17. The molecule has 0 amide bonds. The first kappa shape index (κ1) is 111. The SMILES string of the molecule is Clc1ccc2c(NCCCCCCCCCCCCN3CCCCC3)ccnc2c1.Clc1ccc2c(NCCCCCCCCCCN3CCCCC3)ccnc2c1.Clc1ccc2c(NCCCCCCCCN3CCCCC3)ccnc2c1.Clc1ccc2c(NCCc3ccc(OCCCN4CCCCC4)cc3)ccnc2c1.Clc1ccc2c(Nc3ccc(OCCCN4CCCCC4)cc3)ccnc2c1. The highest BCUT2D eigenvalue weighted by atomic mass is 35.5. The molecule has 0 radical (unpaired) electrons. The van der Waals surface area contributed by atoms with Crippen molar-refractivity contribution in [3.63, 3.8) is 0 Å². The molecule has 5 saturated heterocycles. The summed E-state index contributed by atoms with van der Waals surface area (Å²) in [6.45, 7) is 24.8. The van der Waals surface area contributed by atoms with E-state index in [0.29, 0.717) is 10.0 Å². The van der Waals surface area contributed by atoms with E-state index in [2.05, 4.69) is 137 Å². The van der Waals surface area contributed by atoms with Crippen LogP contribution in [-0.4, -0.2) is 187 Å². The maximum Gasteiger partial charge on any atom is 0.119 e. The Morgan fingerprint density at radius 2 is 0.458 bits per heavy atom. The van der Waals surface area contributed by atoms with Crippen LogP contribution in [0.4, 0.5) is 34.1 Å². The van der Waals surface area contributed by atoms with Gasteiger partial charge in [-0.3, -0.25) is 24.9 Å². The van der Waals surface area contributed by atoms with Crippen molar-refractivity contribution in [2.75, 3.05) is 164 Å². The summed E-state index contributed by atoms with van der Waals surface area (Å²) in [6.07, 6.45) is 66.1. The predicted molar refractivity (Wildman–Crippen MR) is 610 cm³/mol. The molecule has 17 rings (SSSR count). The van der Waals surface area contributed by atoms with Gasteiger partial charge in [-0.05, 0) is 370 Å². The summed E-state index contributed by atoms with van der Waals surface area (Å²) in [5, 5.41) is 26.9. The number of halogens is 5. The van der Waals surface area contributed by atoms with Crippen molar-refractivity contribution >= 4 is 147 Å². The summed E-state index contributed by atoms with van der Waals surface area (Å²) in [5.41, 5.74) is 12.6. The quantitative estimate of drug-likeness (QED) is 0.0229. The fraction of sp³-hybridized carbons (Fsp3) is 0.525. The van der Waals surface area contributed by atoms with Crippen molar-refractivity contribution in [1.29, 1.82) is 0 Å². The van der Waals surface area contributed by atoms with Crippen LogP contribution in [0.1, 0.15) is 269 Å².